The molecule has 0 radical (unpaired) electrons. The van der Waals surface area contributed by atoms with Gasteiger partial charge in [0, 0.05) is 6.54 Å². The summed E-state index contributed by atoms with van der Waals surface area (Å²) in [6.45, 7) is 3.37. The molecule has 0 aromatic carbocycles. The molecule has 0 aromatic heterocycles. The average Bonchev–Trinajstić information content (AvgIpc) is 2.99. The van der Waals surface area contributed by atoms with Crippen LogP contribution in [0, 0.1) is 5.92 Å². The summed E-state index contributed by atoms with van der Waals surface area (Å²) >= 11 is 0. The van der Waals surface area contributed by atoms with Crippen LogP contribution in [0.2, 0.25) is 0 Å². The van der Waals surface area contributed by atoms with Crippen LogP contribution < -0.4 is 16.4 Å². The van der Waals surface area contributed by atoms with Crippen LogP contribution in [0.25, 0.3) is 0 Å². The number of nitrogens with two attached hydrogens (primary N) is 1. The normalized spacial score (nSPS) is 18.6. The maximum absolute atomic E-state index is 11.9. The van der Waals surface area contributed by atoms with Gasteiger partial charge in [-0.2, -0.15) is 0 Å². The molecule has 9 nitrogen and oxygen atoms in total. The number of likely N-dealkylation sites (tertiary alicyclic amines) is 1. The lowest BCUT2D eigenvalue weighted by Gasteiger charge is -2.21. The molecule has 0 saturated carbocycles. The van der Waals surface area contributed by atoms with Gasteiger partial charge in [0.25, 0.3) is 0 Å². The van der Waals surface area contributed by atoms with E-state index < -0.39 is 35.8 Å². The number of nitrogens with zero attached hydrogens (tertiary/aromatic N) is 1. The molecule has 9 heteroatoms. The fourth-order valence-corrected chi connectivity index (χ4v) is 2.25. The second kappa shape index (κ2) is 8.47. The lowest BCUT2D eigenvalue weighted by Crippen LogP contribution is -2.49. The van der Waals surface area contributed by atoms with Gasteiger partial charge in [0.05, 0.1) is 19.1 Å². The smallest absolute Gasteiger partial charge is 0.326 e. The van der Waals surface area contributed by atoms with Gasteiger partial charge in [-0.15, -0.1) is 0 Å². The van der Waals surface area contributed by atoms with Crippen molar-refractivity contribution in [2.45, 2.75) is 38.8 Å². The molecule has 1 rings (SSSR count). The standard InChI is InChI=1S/C14H24N4O5/c1-8(2)12(15)13(21)17-6-10(19)16-7-11(20)18-5-3-4-9(18)14(22)23/h8-9,12H,3-7,15H2,1-2H3,(H,16,19)(H,17,21)(H,22,23)/t9-,12-/m0/s1. The Labute approximate surface area is 134 Å². The zero-order chi connectivity index (χ0) is 17.6. The van der Waals surface area contributed by atoms with E-state index in [1.54, 1.807) is 13.8 Å². The number of hydrogen-bond donors (Lipinski definition) is 4. The first-order valence-corrected chi connectivity index (χ1v) is 7.56. The molecule has 23 heavy (non-hydrogen) atoms. The lowest BCUT2D eigenvalue weighted by molar-refractivity contribution is -0.148. The minimum Gasteiger partial charge on any atom is -0.480 e. The Hall–Kier alpha value is -2.16. The number of carbonyl (C=O) groups excluding carboxylic acids is 3. The van der Waals surface area contributed by atoms with Crippen molar-refractivity contribution >= 4 is 23.7 Å². The molecular formula is C14H24N4O5. The number of nitrogens with one attached hydrogen (secondary N) is 2. The van der Waals surface area contributed by atoms with Crippen molar-refractivity contribution < 1.29 is 24.3 Å². The SMILES string of the molecule is CC(C)[C@H](N)C(=O)NCC(=O)NCC(=O)N1CCC[C@H]1C(=O)O. The Morgan fingerprint density at radius 2 is 1.87 bits per heavy atom. The molecule has 1 fully saturated rings. The van der Waals surface area contributed by atoms with Crippen LogP contribution in [0.4, 0.5) is 0 Å². The van der Waals surface area contributed by atoms with Gasteiger partial charge in [-0.1, -0.05) is 13.8 Å². The Balaban J connectivity index is 2.34. The first-order chi connectivity index (χ1) is 10.7. The molecule has 0 aromatic rings. The van der Waals surface area contributed by atoms with Crippen LogP contribution in [0.15, 0.2) is 0 Å². The maximum Gasteiger partial charge on any atom is 0.326 e. The quantitative estimate of drug-likeness (QED) is 0.438. The predicted molar refractivity (Wildman–Crippen MR) is 81.2 cm³/mol. The molecule has 2 atom stereocenters. The summed E-state index contributed by atoms with van der Waals surface area (Å²) in [4.78, 5) is 47.4. The summed E-state index contributed by atoms with van der Waals surface area (Å²) in [7, 11) is 0. The third-order valence-corrected chi connectivity index (χ3v) is 3.74. The zero-order valence-corrected chi connectivity index (χ0v) is 13.4. The summed E-state index contributed by atoms with van der Waals surface area (Å²) in [6, 6.07) is -1.53. The summed E-state index contributed by atoms with van der Waals surface area (Å²) in [5.41, 5.74) is 5.63. The molecule has 1 heterocycles. The highest BCUT2D eigenvalue weighted by Gasteiger charge is 2.33. The Bertz CT molecular complexity index is 480. The number of carbonyl (C=O) groups is 4. The molecule has 130 valence electrons. The second-order valence-corrected chi connectivity index (χ2v) is 5.85. The Morgan fingerprint density at radius 1 is 1.22 bits per heavy atom. The molecule has 0 spiro atoms. The van der Waals surface area contributed by atoms with Crippen molar-refractivity contribution in [1.82, 2.24) is 15.5 Å². The molecule has 0 bridgehead atoms. The van der Waals surface area contributed by atoms with Crippen molar-refractivity contribution in [1.29, 1.82) is 0 Å². The van der Waals surface area contributed by atoms with Crippen molar-refractivity contribution in [3.8, 4) is 0 Å². The third-order valence-electron chi connectivity index (χ3n) is 3.74. The van der Waals surface area contributed by atoms with Crippen molar-refractivity contribution in [2.24, 2.45) is 11.7 Å². The number of aliphatic carboxylic acids is 1. The van der Waals surface area contributed by atoms with Crippen molar-refractivity contribution in [3.63, 3.8) is 0 Å². The predicted octanol–water partition coefficient (Wildman–Crippen LogP) is -1.72. The molecule has 0 unspecified atom stereocenters. The van der Waals surface area contributed by atoms with Crippen LogP contribution in [-0.4, -0.2) is 65.4 Å². The van der Waals surface area contributed by atoms with Gasteiger partial charge in [-0.3, -0.25) is 14.4 Å². The topological polar surface area (TPSA) is 142 Å². The first-order valence-electron chi connectivity index (χ1n) is 7.56. The summed E-state index contributed by atoms with van der Waals surface area (Å²) in [5, 5.41) is 13.8. The minimum atomic E-state index is -1.04. The van der Waals surface area contributed by atoms with Crippen molar-refractivity contribution in [3.05, 3.63) is 0 Å². The van der Waals surface area contributed by atoms with E-state index in [9.17, 15) is 19.2 Å². The van der Waals surface area contributed by atoms with E-state index in [0.717, 1.165) is 0 Å². The van der Waals surface area contributed by atoms with Crippen molar-refractivity contribution in [2.75, 3.05) is 19.6 Å². The largest absolute Gasteiger partial charge is 0.480 e. The third kappa shape index (κ3) is 5.51. The molecule has 0 aliphatic carbocycles. The van der Waals surface area contributed by atoms with Crippen LogP contribution >= 0.6 is 0 Å². The highest BCUT2D eigenvalue weighted by Crippen LogP contribution is 2.17. The van der Waals surface area contributed by atoms with Crippen LogP contribution in [0.3, 0.4) is 0 Å². The van der Waals surface area contributed by atoms with Crippen LogP contribution in [0.5, 0.6) is 0 Å². The van der Waals surface area contributed by atoms with Crippen LogP contribution in [-0.2, 0) is 19.2 Å². The van der Waals surface area contributed by atoms with Gasteiger partial charge in [0.15, 0.2) is 0 Å². The summed E-state index contributed by atoms with van der Waals surface area (Å²) < 4.78 is 0. The maximum atomic E-state index is 11.9. The minimum absolute atomic E-state index is 0.0530. The van der Waals surface area contributed by atoms with Crippen LogP contribution in [0.1, 0.15) is 26.7 Å². The second-order valence-electron chi connectivity index (χ2n) is 5.85. The molecule has 1 aliphatic heterocycles. The summed E-state index contributed by atoms with van der Waals surface area (Å²) in [5.74, 6) is -2.52. The lowest BCUT2D eigenvalue weighted by atomic mass is 10.1. The zero-order valence-electron chi connectivity index (χ0n) is 13.4. The van der Waals surface area contributed by atoms with Gasteiger partial charge in [0.2, 0.25) is 17.7 Å². The highest BCUT2D eigenvalue weighted by atomic mass is 16.4. The van der Waals surface area contributed by atoms with Gasteiger partial charge in [0.1, 0.15) is 6.04 Å². The highest BCUT2D eigenvalue weighted by molar-refractivity contribution is 5.91. The molecule has 1 saturated heterocycles. The van der Waals surface area contributed by atoms with E-state index in [1.165, 1.54) is 4.90 Å². The number of hydrogen-bond acceptors (Lipinski definition) is 5. The molecular weight excluding hydrogens is 304 g/mol. The molecule has 1 aliphatic rings. The van der Waals surface area contributed by atoms with E-state index in [-0.39, 0.29) is 19.0 Å². The fraction of sp³-hybridized carbons (Fsp3) is 0.714. The number of carboxylic acid groups (broad SMARTS) is 1. The van der Waals surface area contributed by atoms with E-state index >= 15 is 0 Å². The van der Waals surface area contributed by atoms with Gasteiger partial charge in [-0.05, 0) is 18.8 Å². The number of carboxylic acids is 1. The fourth-order valence-electron chi connectivity index (χ4n) is 2.25. The Morgan fingerprint density at radius 3 is 2.43 bits per heavy atom. The van der Waals surface area contributed by atoms with E-state index in [2.05, 4.69) is 10.6 Å². The number of amides is 3. The van der Waals surface area contributed by atoms with E-state index in [1.807, 2.05) is 0 Å². The summed E-state index contributed by atoms with van der Waals surface area (Å²) in [6.07, 6.45) is 1.04. The van der Waals surface area contributed by atoms with Gasteiger partial charge in [-0.25, -0.2) is 4.79 Å². The molecule has 3 amide bonds. The van der Waals surface area contributed by atoms with E-state index in [0.29, 0.717) is 19.4 Å². The van der Waals surface area contributed by atoms with Gasteiger partial charge >= 0.3 is 5.97 Å². The Kier molecular flexibility index (Phi) is 6.95. The number of rotatable bonds is 7. The molecule has 5 N–H and O–H groups in total. The van der Waals surface area contributed by atoms with E-state index in [4.69, 9.17) is 10.8 Å². The van der Waals surface area contributed by atoms with Gasteiger partial charge < -0.3 is 26.4 Å². The average molecular weight is 328 g/mol. The first kappa shape index (κ1) is 18.9. The monoisotopic (exact) mass is 328 g/mol.